The molecule has 0 bridgehead atoms. The molecule has 1 unspecified atom stereocenters. The standard InChI is InChI=1S/C19H22N2O4S/c1-20(18-13-10-14-6-4-5-7-17(14)18)19(22)15-8-11-16(12-9-15)26(23,24)21(2)25-3/h4-9,11-12,18H,10,13H2,1-3H3. The molecule has 3 rings (SSSR count). The molecule has 0 radical (unpaired) electrons. The van der Waals surface area contributed by atoms with Crippen molar-refractivity contribution >= 4 is 15.9 Å². The first kappa shape index (κ1) is 18.6. The van der Waals surface area contributed by atoms with Crippen molar-refractivity contribution in [3.63, 3.8) is 0 Å². The fourth-order valence-corrected chi connectivity index (χ4v) is 4.27. The number of hydroxylamine groups is 1. The van der Waals surface area contributed by atoms with Crippen LogP contribution in [0, 0.1) is 0 Å². The lowest BCUT2D eigenvalue weighted by Crippen LogP contribution is -2.30. The minimum Gasteiger partial charge on any atom is -0.335 e. The SMILES string of the molecule is CON(C)S(=O)(=O)c1ccc(C(=O)N(C)C2CCc3ccccc32)cc1. The summed E-state index contributed by atoms with van der Waals surface area (Å²) in [5, 5.41) is 0. The first-order chi connectivity index (χ1) is 12.4. The fraction of sp³-hybridized carbons (Fsp3) is 0.316. The summed E-state index contributed by atoms with van der Waals surface area (Å²) < 4.78 is 25.2. The Morgan fingerprint density at radius 3 is 2.38 bits per heavy atom. The van der Waals surface area contributed by atoms with E-state index in [1.807, 2.05) is 12.1 Å². The fourth-order valence-electron chi connectivity index (χ4n) is 3.30. The van der Waals surface area contributed by atoms with E-state index in [2.05, 4.69) is 12.1 Å². The topological polar surface area (TPSA) is 66.9 Å². The monoisotopic (exact) mass is 374 g/mol. The van der Waals surface area contributed by atoms with E-state index in [0.29, 0.717) is 5.56 Å². The van der Waals surface area contributed by atoms with Crippen LogP contribution in [0.15, 0.2) is 53.4 Å². The van der Waals surface area contributed by atoms with Gasteiger partial charge in [0.05, 0.1) is 18.0 Å². The van der Waals surface area contributed by atoms with Crippen molar-refractivity contribution in [1.29, 1.82) is 0 Å². The van der Waals surface area contributed by atoms with Crippen LogP contribution in [0.2, 0.25) is 0 Å². The van der Waals surface area contributed by atoms with Gasteiger partial charge in [0.2, 0.25) is 0 Å². The number of hydrogen-bond donors (Lipinski definition) is 0. The second-order valence-corrected chi connectivity index (χ2v) is 8.23. The van der Waals surface area contributed by atoms with E-state index >= 15 is 0 Å². The van der Waals surface area contributed by atoms with E-state index in [1.165, 1.54) is 49.5 Å². The molecule has 0 saturated carbocycles. The van der Waals surface area contributed by atoms with Crippen molar-refractivity contribution in [1.82, 2.24) is 9.37 Å². The Bertz CT molecular complexity index is 909. The summed E-state index contributed by atoms with van der Waals surface area (Å²) in [6.07, 6.45) is 1.85. The molecule has 0 heterocycles. The molecule has 2 aromatic rings. The van der Waals surface area contributed by atoms with E-state index in [9.17, 15) is 13.2 Å². The van der Waals surface area contributed by atoms with Gasteiger partial charge in [-0.05, 0) is 48.2 Å². The molecule has 0 aromatic heterocycles. The predicted molar refractivity (Wildman–Crippen MR) is 98.0 cm³/mol. The van der Waals surface area contributed by atoms with Crippen molar-refractivity contribution in [2.75, 3.05) is 21.2 Å². The number of rotatable bonds is 5. The summed E-state index contributed by atoms with van der Waals surface area (Å²) in [5.41, 5.74) is 2.92. The molecule has 1 atom stereocenters. The summed E-state index contributed by atoms with van der Waals surface area (Å²) in [6.45, 7) is 0. The largest absolute Gasteiger partial charge is 0.335 e. The molecule has 138 valence electrons. The molecule has 26 heavy (non-hydrogen) atoms. The van der Waals surface area contributed by atoms with E-state index in [4.69, 9.17) is 4.84 Å². The highest BCUT2D eigenvalue weighted by atomic mass is 32.2. The van der Waals surface area contributed by atoms with Gasteiger partial charge in [-0.15, -0.1) is 0 Å². The summed E-state index contributed by atoms with van der Waals surface area (Å²) in [4.78, 5) is 19.4. The zero-order valence-corrected chi connectivity index (χ0v) is 15.9. The molecule has 1 aliphatic rings. The molecular weight excluding hydrogens is 352 g/mol. The summed E-state index contributed by atoms with van der Waals surface area (Å²) >= 11 is 0. The van der Waals surface area contributed by atoms with Gasteiger partial charge in [-0.2, -0.15) is 0 Å². The van der Waals surface area contributed by atoms with Crippen molar-refractivity contribution in [2.24, 2.45) is 0 Å². The van der Waals surface area contributed by atoms with Crippen LogP contribution >= 0.6 is 0 Å². The lowest BCUT2D eigenvalue weighted by atomic mass is 10.1. The van der Waals surface area contributed by atoms with Gasteiger partial charge in [-0.3, -0.25) is 9.63 Å². The Balaban J connectivity index is 1.81. The van der Waals surface area contributed by atoms with Gasteiger partial charge in [0.1, 0.15) is 0 Å². The maximum Gasteiger partial charge on any atom is 0.264 e. The number of sulfonamides is 1. The molecule has 0 N–H and O–H groups in total. The summed E-state index contributed by atoms with van der Waals surface area (Å²) in [6, 6.07) is 14.1. The van der Waals surface area contributed by atoms with Gasteiger partial charge in [0, 0.05) is 19.7 Å². The Morgan fingerprint density at radius 2 is 1.73 bits per heavy atom. The van der Waals surface area contributed by atoms with Gasteiger partial charge < -0.3 is 4.90 Å². The van der Waals surface area contributed by atoms with E-state index in [-0.39, 0.29) is 16.8 Å². The number of carbonyl (C=O) groups excluding carboxylic acids is 1. The molecule has 7 heteroatoms. The Morgan fingerprint density at radius 1 is 1.08 bits per heavy atom. The second kappa shape index (κ2) is 7.19. The zero-order chi connectivity index (χ0) is 18.9. The normalized spacial score (nSPS) is 16.5. The number of aryl methyl sites for hydroxylation is 1. The molecule has 1 aliphatic carbocycles. The average molecular weight is 374 g/mol. The van der Waals surface area contributed by atoms with Gasteiger partial charge in [0.15, 0.2) is 0 Å². The highest BCUT2D eigenvalue weighted by Crippen LogP contribution is 2.35. The van der Waals surface area contributed by atoms with Gasteiger partial charge >= 0.3 is 0 Å². The molecule has 0 aliphatic heterocycles. The summed E-state index contributed by atoms with van der Waals surface area (Å²) in [7, 11) is 0.670. The van der Waals surface area contributed by atoms with Crippen LogP contribution in [-0.4, -0.2) is 44.9 Å². The van der Waals surface area contributed by atoms with Crippen LogP contribution in [0.4, 0.5) is 0 Å². The predicted octanol–water partition coefficient (Wildman–Crippen LogP) is 2.63. The molecule has 6 nitrogen and oxygen atoms in total. The maximum absolute atomic E-state index is 12.8. The highest BCUT2D eigenvalue weighted by molar-refractivity contribution is 7.89. The van der Waals surface area contributed by atoms with Crippen molar-refractivity contribution in [3.05, 3.63) is 65.2 Å². The van der Waals surface area contributed by atoms with Gasteiger partial charge in [0.25, 0.3) is 15.9 Å². The molecule has 0 saturated heterocycles. The van der Waals surface area contributed by atoms with Crippen LogP contribution in [0.25, 0.3) is 0 Å². The Hall–Kier alpha value is -2.22. The van der Waals surface area contributed by atoms with Crippen LogP contribution in [0.1, 0.15) is 33.9 Å². The lowest BCUT2D eigenvalue weighted by molar-refractivity contribution is -0.0258. The molecule has 2 aromatic carbocycles. The molecule has 0 fully saturated rings. The maximum atomic E-state index is 12.8. The third-order valence-corrected chi connectivity index (χ3v) is 6.58. The zero-order valence-electron chi connectivity index (χ0n) is 15.0. The Kier molecular flexibility index (Phi) is 5.13. The smallest absolute Gasteiger partial charge is 0.264 e. The number of benzene rings is 2. The molecule has 0 spiro atoms. The number of carbonyl (C=O) groups is 1. The number of amides is 1. The first-order valence-electron chi connectivity index (χ1n) is 8.34. The summed E-state index contributed by atoms with van der Waals surface area (Å²) in [5.74, 6) is -0.129. The third-order valence-electron chi connectivity index (χ3n) is 4.88. The molecular formula is C19H22N2O4S. The van der Waals surface area contributed by atoms with Gasteiger partial charge in [-0.25, -0.2) is 8.42 Å². The van der Waals surface area contributed by atoms with E-state index in [1.54, 1.807) is 11.9 Å². The minimum atomic E-state index is -3.72. The molecule has 1 amide bonds. The second-order valence-electron chi connectivity index (χ2n) is 6.29. The number of nitrogens with zero attached hydrogens (tertiary/aromatic N) is 2. The van der Waals surface area contributed by atoms with Crippen molar-refractivity contribution in [3.8, 4) is 0 Å². The quantitative estimate of drug-likeness (QED) is 0.755. The van der Waals surface area contributed by atoms with E-state index in [0.717, 1.165) is 17.3 Å². The van der Waals surface area contributed by atoms with Crippen LogP contribution in [-0.2, 0) is 21.3 Å². The van der Waals surface area contributed by atoms with Gasteiger partial charge in [-0.1, -0.05) is 28.7 Å². The first-order valence-corrected chi connectivity index (χ1v) is 9.78. The van der Waals surface area contributed by atoms with Crippen molar-refractivity contribution < 1.29 is 18.0 Å². The number of hydrogen-bond acceptors (Lipinski definition) is 4. The highest BCUT2D eigenvalue weighted by Gasteiger charge is 2.29. The van der Waals surface area contributed by atoms with E-state index < -0.39 is 10.0 Å². The minimum absolute atomic E-state index is 0.0433. The third kappa shape index (κ3) is 3.25. The van der Waals surface area contributed by atoms with Crippen LogP contribution < -0.4 is 0 Å². The average Bonchev–Trinajstić information content (AvgIpc) is 3.10. The lowest BCUT2D eigenvalue weighted by Gasteiger charge is -2.25. The van der Waals surface area contributed by atoms with Crippen LogP contribution in [0.3, 0.4) is 0 Å². The van der Waals surface area contributed by atoms with Crippen molar-refractivity contribution in [2.45, 2.75) is 23.8 Å². The number of fused-ring (bicyclic) bond motifs is 1. The van der Waals surface area contributed by atoms with Crippen LogP contribution in [0.5, 0.6) is 0 Å². The Labute approximate surface area is 154 Å².